The third-order valence-electron chi connectivity index (χ3n) is 2.90. The second-order valence-electron chi connectivity index (χ2n) is 4.32. The third-order valence-corrected chi connectivity index (χ3v) is 3.57. The summed E-state index contributed by atoms with van der Waals surface area (Å²) in [6, 6.07) is 13.5. The zero-order valence-corrected chi connectivity index (χ0v) is 13.4. The lowest BCUT2D eigenvalue weighted by Gasteiger charge is -2.18. The number of rotatable bonds is 3. The molecule has 2 aromatic rings. The van der Waals surface area contributed by atoms with Crippen molar-refractivity contribution in [2.75, 3.05) is 17.3 Å². The van der Waals surface area contributed by atoms with Crippen molar-refractivity contribution in [3.8, 4) is 0 Å². The van der Waals surface area contributed by atoms with E-state index in [1.807, 2.05) is 40.8 Å². The number of urea groups is 1. The first kappa shape index (κ1) is 15.3. The second-order valence-corrected chi connectivity index (χ2v) is 5.57. The predicted molar refractivity (Wildman–Crippen MR) is 90.0 cm³/mol. The van der Waals surface area contributed by atoms with E-state index in [0.717, 1.165) is 9.26 Å². The lowest BCUT2D eigenvalue weighted by molar-refractivity contribution is 0.0698. The summed E-state index contributed by atoms with van der Waals surface area (Å²) in [6.07, 6.45) is 0. The van der Waals surface area contributed by atoms with Crippen LogP contribution in [-0.2, 0) is 0 Å². The summed E-state index contributed by atoms with van der Waals surface area (Å²) >= 11 is 2.03. The molecule has 6 heteroatoms. The molecule has 0 spiro atoms. The largest absolute Gasteiger partial charge is 0.478 e. The average Bonchev–Trinajstić information content (AvgIpc) is 2.49. The number of amides is 2. The number of carbonyl (C=O) groups excluding carboxylic acids is 1. The van der Waals surface area contributed by atoms with E-state index in [1.54, 1.807) is 31.3 Å². The number of carboxylic acid groups (broad SMARTS) is 1. The van der Waals surface area contributed by atoms with Gasteiger partial charge in [-0.1, -0.05) is 18.2 Å². The van der Waals surface area contributed by atoms with Gasteiger partial charge in [-0.15, -0.1) is 0 Å². The lowest BCUT2D eigenvalue weighted by Crippen LogP contribution is -2.31. The minimum absolute atomic E-state index is 0.0664. The summed E-state index contributed by atoms with van der Waals surface area (Å²) in [5.41, 5.74) is 1.06. The summed E-state index contributed by atoms with van der Waals surface area (Å²) in [5.74, 6) is -1.08. The van der Waals surface area contributed by atoms with Crippen LogP contribution in [0.25, 0.3) is 0 Å². The van der Waals surface area contributed by atoms with Gasteiger partial charge in [-0.05, 0) is 52.9 Å². The van der Waals surface area contributed by atoms with Crippen LogP contribution in [0.2, 0.25) is 0 Å². The van der Waals surface area contributed by atoms with E-state index in [1.165, 1.54) is 11.0 Å². The molecular formula is C15H13IN2O3. The Kier molecular flexibility index (Phi) is 4.79. The van der Waals surface area contributed by atoms with Crippen molar-refractivity contribution in [3.63, 3.8) is 0 Å². The van der Waals surface area contributed by atoms with Crippen molar-refractivity contribution in [3.05, 3.63) is 57.7 Å². The zero-order chi connectivity index (χ0) is 15.4. The number of anilines is 2. The maximum Gasteiger partial charge on any atom is 0.337 e. The monoisotopic (exact) mass is 396 g/mol. The molecule has 0 aromatic heterocycles. The molecule has 0 radical (unpaired) electrons. The Morgan fingerprint density at radius 1 is 1.14 bits per heavy atom. The van der Waals surface area contributed by atoms with Crippen LogP contribution >= 0.6 is 22.6 Å². The molecule has 2 aromatic carbocycles. The number of nitrogens with zero attached hydrogens (tertiary/aromatic N) is 1. The highest BCUT2D eigenvalue weighted by molar-refractivity contribution is 14.1. The minimum atomic E-state index is -1.08. The van der Waals surface area contributed by atoms with Gasteiger partial charge in [0.15, 0.2) is 0 Å². The molecule has 0 saturated carbocycles. The van der Waals surface area contributed by atoms with E-state index in [9.17, 15) is 14.7 Å². The zero-order valence-electron chi connectivity index (χ0n) is 11.2. The number of benzene rings is 2. The van der Waals surface area contributed by atoms with Crippen LogP contribution in [0.4, 0.5) is 16.2 Å². The van der Waals surface area contributed by atoms with E-state index in [0.29, 0.717) is 0 Å². The van der Waals surface area contributed by atoms with E-state index in [-0.39, 0.29) is 11.3 Å². The van der Waals surface area contributed by atoms with Gasteiger partial charge in [0.2, 0.25) is 0 Å². The molecule has 0 atom stereocenters. The summed E-state index contributed by atoms with van der Waals surface area (Å²) in [5, 5.41) is 11.8. The first-order valence-corrected chi connectivity index (χ1v) is 7.19. The van der Waals surface area contributed by atoms with Gasteiger partial charge in [0.1, 0.15) is 0 Å². The molecule has 2 N–H and O–H groups in total. The fourth-order valence-corrected chi connectivity index (χ4v) is 2.26. The van der Waals surface area contributed by atoms with Crippen LogP contribution in [0, 0.1) is 3.57 Å². The van der Waals surface area contributed by atoms with Crippen LogP contribution in [0.3, 0.4) is 0 Å². The minimum Gasteiger partial charge on any atom is -0.478 e. The van der Waals surface area contributed by atoms with Crippen molar-refractivity contribution in [2.45, 2.75) is 0 Å². The van der Waals surface area contributed by atoms with Gasteiger partial charge in [0, 0.05) is 16.3 Å². The number of hydrogen-bond donors (Lipinski definition) is 2. The van der Waals surface area contributed by atoms with Gasteiger partial charge in [0.25, 0.3) is 0 Å². The molecule has 0 aliphatic heterocycles. The Morgan fingerprint density at radius 3 is 2.43 bits per heavy atom. The van der Waals surface area contributed by atoms with Crippen LogP contribution in [0.15, 0.2) is 48.5 Å². The van der Waals surface area contributed by atoms with Crippen molar-refractivity contribution in [1.29, 1.82) is 0 Å². The summed E-state index contributed by atoms with van der Waals surface area (Å²) < 4.78 is 0.791. The van der Waals surface area contributed by atoms with E-state index < -0.39 is 12.0 Å². The smallest absolute Gasteiger partial charge is 0.337 e. The first-order valence-electron chi connectivity index (χ1n) is 6.11. The Balaban J connectivity index is 2.22. The summed E-state index contributed by atoms with van der Waals surface area (Å²) in [6.45, 7) is 0. The molecule has 2 rings (SSSR count). The van der Waals surface area contributed by atoms with Gasteiger partial charge < -0.3 is 10.4 Å². The fraction of sp³-hybridized carbons (Fsp3) is 0.0667. The van der Waals surface area contributed by atoms with E-state index >= 15 is 0 Å². The van der Waals surface area contributed by atoms with Gasteiger partial charge in [-0.25, -0.2) is 9.59 Å². The number of nitrogens with one attached hydrogen (secondary N) is 1. The van der Waals surface area contributed by atoms with Gasteiger partial charge in [-0.3, -0.25) is 4.90 Å². The Hall–Kier alpha value is -2.09. The molecule has 0 unspecified atom stereocenters. The van der Waals surface area contributed by atoms with Crippen LogP contribution in [0.5, 0.6) is 0 Å². The summed E-state index contributed by atoms with van der Waals surface area (Å²) in [7, 11) is 1.62. The molecule has 0 saturated heterocycles. The van der Waals surface area contributed by atoms with Crippen LogP contribution in [-0.4, -0.2) is 24.2 Å². The van der Waals surface area contributed by atoms with Crippen molar-refractivity contribution >= 4 is 46.0 Å². The lowest BCUT2D eigenvalue weighted by atomic mass is 10.2. The second kappa shape index (κ2) is 6.57. The molecule has 0 bridgehead atoms. The molecule has 21 heavy (non-hydrogen) atoms. The van der Waals surface area contributed by atoms with Crippen LogP contribution in [0.1, 0.15) is 10.4 Å². The highest BCUT2D eigenvalue weighted by Gasteiger charge is 2.16. The van der Waals surface area contributed by atoms with Crippen molar-refractivity contribution in [2.24, 2.45) is 0 Å². The number of aromatic carboxylic acids is 1. The maximum atomic E-state index is 12.2. The molecule has 0 aliphatic rings. The number of halogens is 1. The highest BCUT2D eigenvalue weighted by atomic mass is 127. The van der Waals surface area contributed by atoms with Gasteiger partial charge >= 0.3 is 12.0 Å². The van der Waals surface area contributed by atoms with Gasteiger partial charge in [0.05, 0.1) is 11.3 Å². The predicted octanol–water partition coefficient (Wildman–Crippen LogP) is 3.66. The molecule has 0 aliphatic carbocycles. The molecule has 108 valence electrons. The number of hydrogen-bond acceptors (Lipinski definition) is 2. The average molecular weight is 396 g/mol. The number of carbonyl (C=O) groups is 2. The van der Waals surface area contributed by atoms with Crippen LogP contribution < -0.4 is 10.2 Å². The van der Waals surface area contributed by atoms with E-state index in [2.05, 4.69) is 5.32 Å². The Labute approximate surface area is 135 Å². The Morgan fingerprint density at radius 2 is 1.81 bits per heavy atom. The van der Waals surface area contributed by atoms with Crippen molar-refractivity contribution < 1.29 is 14.7 Å². The standard InChI is InChI=1S/C15H13IN2O3/c1-18(11-5-3-2-4-6-11)15(21)17-13-8-7-10(16)9-12(13)14(19)20/h2-9H,1H3,(H,17,21)(H,19,20). The molecule has 0 fully saturated rings. The van der Waals surface area contributed by atoms with E-state index in [4.69, 9.17) is 0 Å². The van der Waals surface area contributed by atoms with Crippen molar-refractivity contribution in [1.82, 2.24) is 0 Å². The molecule has 2 amide bonds. The number of para-hydroxylation sites is 1. The maximum absolute atomic E-state index is 12.2. The Bertz CT molecular complexity index is 674. The summed E-state index contributed by atoms with van der Waals surface area (Å²) in [4.78, 5) is 24.8. The normalized spacial score (nSPS) is 10.0. The molecular weight excluding hydrogens is 383 g/mol. The molecule has 5 nitrogen and oxygen atoms in total. The quantitative estimate of drug-likeness (QED) is 0.779. The molecule has 0 heterocycles. The fourth-order valence-electron chi connectivity index (χ4n) is 1.77. The highest BCUT2D eigenvalue weighted by Crippen LogP contribution is 2.20. The SMILES string of the molecule is CN(C(=O)Nc1ccc(I)cc1C(=O)O)c1ccccc1. The van der Waals surface area contributed by atoms with Gasteiger partial charge in [-0.2, -0.15) is 0 Å². The topological polar surface area (TPSA) is 69.6 Å². The first-order chi connectivity index (χ1) is 9.99. The third kappa shape index (κ3) is 3.72. The number of carboxylic acids is 1.